The molecular formula is C18H16FN3O4S. The molecule has 9 heteroatoms. The average molecular weight is 389 g/mol. The van der Waals surface area contributed by atoms with E-state index in [4.69, 9.17) is 10.5 Å². The third-order valence-corrected chi connectivity index (χ3v) is 5.07. The molecule has 3 N–H and O–H groups in total. The number of hydrogen-bond donors (Lipinski definition) is 2. The number of methoxy groups -OCH3 is 1. The first-order chi connectivity index (χ1) is 12.7. The second-order valence-corrected chi connectivity index (χ2v) is 7.79. The molecule has 0 spiro atoms. The average Bonchev–Trinajstić information content (AvgIpc) is 2.61. The number of halogens is 1. The Morgan fingerprint density at radius 3 is 2.63 bits per heavy atom. The molecule has 0 aliphatic carbocycles. The summed E-state index contributed by atoms with van der Waals surface area (Å²) < 4.78 is 42.7. The Morgan fingerprint density at radius 2 is 2.00 bits per heavy atom. The summed E-state index contributed by atoms with van der Waals surface area (Å²) in [5.74, 6) is -1.28. The van der Waals surface area contributed by atoms with Crippen molar-refractivity contribution in [3.8, 4) is 5.75 Å². The maximum Gasteiger partial charge on any atom is 0.252 e. The van der Waals surface area contributed by atoms with E-state index in [0.717, 1.165) is 6.26 Å². The van der Waals surface area contributed by atoms with Crippen LogP contribution in [-0.2, 0) is 9.84 Å². The highest BCUT2D eigenvalue weighted by molar-refractivity contribution is 7.91. The number of nitrogens with zero attached hydrogens (tertiary/aromatic N) is 1. The van der Waals surface area contributed by atoms with E-state index in [2.05, 4.69) is 10.3 Å². The van der Waals surface area contributed by atoms with Crippen molar-refractivity contribution in [1.29, 1.82) is 0 Å². The molecule has 1 amide bonds. The van der Waals surface area contributed by atoms with Crippen LogP contribution in [0.15, 0.2) is 47.5 Å². The number of rotatable bonds is 5. The molecular weight excluding hydrogens is 373 g/mol. The van der Waals surface area contributed by atoms with E-state index >= 15 is 0 Å². The molecule has 27 heavy (non-hydrogen) atoms. The first-order valence-electron chi connectivity index (χ1n) is 7.74. The molecule has 0 saturated heterocycles. The summed E-state index contributed by atoms with van der Waals surface area (Å²) in [6, 6.07) is 8.66. The van der Waals surface area contributed by atoms with E-state index < -0.39 is 21.6 Å². The molecule has 0 fully saturated rings. The Hall–Kier alpha value is -3.20. The lowest BCUT2D eigenvalue weighted by molar-refractivity contribution is 0.100. The predicted molar refractivity (Wildman–Crippen MR) is 99.6 cm³/mol. The van der Waals surface area contributed by atoms with E-state index in [1.807, 2.05) is 0 Å². The van der Waals surface area contributed by atoms with Gasteiger partial charge in [-0.2, -0.15) is 0 Å². The number of pyridine rings is 1. The van der Waals surface area contributed by atoms with Crippen molar-refractivity contribution < 1.29 is 22.3 Å². The van der Waals surface area contributed by atoms with Crippen molar-refractivity contribution in [2.45, 2.75) is 4.90 Å². The number of benzene rings is 2. The first-order valence-corrected chi connectivity index (χ1v) is 9.63. The van der Waals surface area contributed by atoms with Gasteiger partial charge in [0, 0.05) is 29.6 Å². The van der Waals surface area contributed by atoms with Gasteiger partial charge in [-0.3, -0.25) is 9.78 Å². The molecule has 0 atom stereocenters. The Kier molecular flexibility index (Phi) is 4.71. The zero-order valence-corrected chi connectivity index (χ0v) is 15.3. The van der Waals surface area contributed by atoms with Gasteiger partial charge in [0.15, 0.2) is 21.4 Å². The Morgan fingerprint density at radius 1 is 1.26 bits per heavy atom. The van der Waals surface area contributed by atoms with Crippen LogP contribution in [0.25, 0.3) is 10.9 Å². The van der Waals surface area contributed by atoms with Gasteiger partial charge in [0.05, 0.1) is 28.8 Å². The molecule has 0 aliphatic rings. The van der Waals surface area contributed by atoms with Crippen LogP contribution in [0.3, 0.4) is 0 Å². The smallest absolute Gasteiger partial charge is 0.252 e. The van der Waals surface area contributed by atoms with Crippen molar-refractivity contribution >= 4 is 38.0 Å². The highest BCUT2D eigenvalue weighted by atomic mass is 32.2. The van der Waals surface area contributed by atoms with E-state index in [1.165, 1.54) is 37.6 Å². The number of hydrogen-bond acceptors (Lipinski definition) is 6. The Labute approximate surface area is 154 Å². The number of fused-ring (bicyclic) bond motifs is 1. The highest BCUT2D eigenvalue weighted by Crippen LogP contribution is 2.33. The standard InChI is InChI=1S/C18H16FN3O4S/c1-26-14-8-10(6-7-13(14)19)22-16-11-4-3-5-15(27(2,24)25)17(11)21-9-12(16)18(20)23/h3-9H,1-2H3,(H2,20,23)(H,21,22). The summed E-state index contributed by atoms with van der Waals surface area (Å²) in [5, 5.41) is 3.38. The van der Waals surface area contributed by atoms with Crippen LogP contribution in [0, 0.1) is 5.82 Å². The van der Waals surface area contributed by atoms with Gasteiger partial charge >= 0.3 is 0 Å². The fourth-order valence-corrected chi connectivity index (χ4v) is 3.54. The lowest BCUT2D eigenvalue weighted by Gasteiger charge is -2.15. The van der Waals surface area contributed by atoms with E-state index in [0.29, 0.717) is 11.1 Å². The molecule has 3 aromatic rings. The summed E-state index contributed by atoms with van der Waals surface area (Å²) in [6.45, 7) is 0. The highest BCUT2D eigenvalue weighted by Gasteiger charge is 2.19. The van der Waals surface area contributed by atoms with Crippen molar-refractivity contribution in [2.75, 3.05) is 18.7 Å². The van der Waals surface area contributed by atoms with Gasteiger partial charge < -0.3 is 15.8 Å². The predicted octanol–water partition coefficient (Wildman–Crippen LogP) is 2.63. The molecule has 2 aromatic carbocycles. The number of nitrogens with two attached hydrogens (primary N) is 1. The molecule has 0 radical (unpaired) electrons. The van der Waals surface area contributed by atoms with Crippen molar-refractivity contribution in [2.24, 2.45) is 5.73 Å². The third-order valence-electron chi connectivity index (χ3n) is 3.95. The van der Waals surface area contributed by atoms with E-state index in [9.17, 15) is 17.6 Å². The van der Waals surface area contributed by atoms with Gasteiger partial charge in [0.25, 0.3) is 5.91 Å². The number of ether oxygens (including phenoxy) is 1. The van der Waals surface area contributed by atoms with Crippen LogP contribution >= 0.6 is 0 Å². The zero-order valence-electron chi connectivity index (χ0n) is 14.5. The molecule has 7 nitrogen and oxygen atoms in total. The van der Waals surface area contributed by atoms with Crippen molar-refractivity contribution in [3.63, 3.8) is 0 Å². The van der Waals surface area contributed by atoms with Gasteiger partial charge in [-0.25, -0.2) is 12.8 Å². The van der Waals surface area contributed by atoms with Crippen molar-refractivity contribution in [3.05, 3.63) is 54.0 Å². The molecule has 1 heterocycles. The number of carbonyl (C=O) groups excluding carboxylic acids is 1. The second-order valence-electron chi connectivity index (χ2n) is 5.81. The molecule has 0 saturated carbocycles. The van der Waals surface area contributed by atoms with Crippen LogP contribution in [0.4, 0.5) is 15.8 Å². The number of anilines is 2. The van der Waals surface area contributed by atoms with Gasteiger partial charge in [0.1, 0.15) is 0 Å². The quantitative estimate of drug-likeness (QED) is 0.694. The van der Waals surface area contributed by atoms with Gasteiger partial charge in [-0.15, -0.1) is 0 Å². The Bertz CT molecular complexity index is 1160. The van der Waals surface area contributed by atoms with Crippen LogP contribution in [0.2, 0.25) is 0 Å². The van der Waals surface area contributed by atoms with E-state index in [-0.39, 0.29) is 27.4 Å². The SMILES string of the molecule is COc1cc(Nc2c(C(N)=O)cnc3c(S(C)(=O)=O)cccc23)ccc1F. The largest absolute Gasteiger partial charge is 0.494 e. The minimum absolute atomic E-state index is 0.0100. The number of para-hydroxylation sites is 1. The Balaban J connectivity index is 2.26. The van der Waals surface area contributed by atoms with Crippen LogP contribution in [0.1, 0.15) is 10.4 Å². The van der Waals surface area contributed by atoms with Crippen LogP contribution in [-0.4, -0.2) is 32.7 Å². The number of amides is 1. The normalized spacial score (nSPS) is 11.4. The monoisotopic (exact) mass is 389 g/mol. The lowest BCUT2D eigenvalue weighted by Crippen LogP contribution is -2.14. The maximum atomic E-state index is 13.6. The minimum atomic E-state index is -3.54. The van der Waals surface area contributed by atoms with Crippen LogP contribution in [0.5, 0.6) is 5.75 Å². The molecule has 0 unspecified atom stereocenters. The number of primary amides is 1. The van der Waals surface area contributed by atoms with Crippen molar-refractivity contribution in [1.82, 2.24) is 4.98 Å². The summed E-state index contributed by atoms with van der Waals surface area (Å²) in [6.07, 6.45) is 2.28. The molecule has 140 valence electrons. The maximum absolute atomic E-state index is 13.6. The number of aromatic nitrogens is 1. The summed E-state index contributed by atoms with van der Waals surface area (Å²) in [4.78, 5) is 16.0. The van der Waals surface area contributed by atoms with E-state index in [1.54, 1.807) is 12.1 Å². The lowest BCUT2D eigenvalue weighted by atomic mass is 10.1. The fraction of sp³-hybridized carbons (Fsp3) is 0.111. The van der Waals surface area contributed by atoms with Crippen LogP contribution < -0.4 is 15.8 Å². The number of nitrogens with one attached hydrogen (secondary N) is 1. The third kappa shape index (κ3) is 3.54. The van der Waals surface area contributed by atoms with Gasteiger partial charge in [-0.1, -0.05) is 12.1 Å². The summed E-state index contributed by atoms with van der Waals surface area (Å²) in [5.41, 5.74) is 6.40. The van der Waals surface area contributed by atoms with Gasteiger partial charge in [-0.05, 0) is 18.2 Å². The fourth-order valence-electron chi connectivity index (χ4n) is 2.70. The minimum Gasteiger partial charge on any atom is -0.494 e. The topological polar surface area (TPSA) is 111 Å². The summed E-state index contributed by atoms with van der Waals surface area (Å²) >= 11 is 0. The molecule has 0 bridgehead atoms. The number of sulfone groups is 1. The molecule has 3 rings (SSSR count). The molecule has 0 aliphatic heterocycles. The van der Waals surface area contributed by atoms with Gasteiger partial charge in [0.2, 0.25) is 0 Å². The number of carbonyl (C=O) groups is 1. The molecule has 1 aromatic heterocycles. The second kappa shape index (κ2) is 6.84. The zero-order chi connectivity index (χ0) is 19.8. The summed E-state index contributed by atoms with van der Waals surface area (Å²) in [7, 11) is -2.21. The first kappa shape index (κ1) is 18.6.